The first-order valence-corrected chi connectivity index (χ1v) is 14.0. The lowest BCUT2D eigenvalue weighted by Gasteiger charge is -2.11. The second-order valence-electron chi connectivity index (χ2n) is 10.1. The van der Waals surface area contributed by atoms with Crippen LogP contribution in [0, 0.1) is 11.6 Å². The van der Waals surface area contributed by atoms with E-state index in [1.807, 2.05) is 91.0 Å². The van der Waals surface area contributed by atoms with Crippen molar-refractivity contribution in [2.45, 2.75) is 0 Å². The van der Waals surface area contributed by atoms with Crippen molar-refractivity contribution in [1.82, 2.24) is 24.9 Å². The summed E-state index contributed by atoms with van der Waals surface area (Å²) < 4.78 is 27.3. The van der Waals surface area contributed by atoms with Crippen molar-refractivity contribution in [3.8, 4) is 68.1 Å². The molecule has 7 aromatic rings. The average Bonchev–Trinajstić information content (AvgIpc) is 3.09. The van der Waals surface area contributed by atoms with Crippen molar-refractivity contribution in [1.29, 1.82) is 0 Å². The molecule has 5 nitrogen and oxygen atoms in total. The van der Waals surface area contributed by atoms with E-state index in [0.29, 0.717) is 34.4 Å². The Labute approximate surface area is 252 Å². The lowest BCUT2D eigenvalue weighted by Crippen LogP contribution is -2.00. The third kappa shape index (κ3) is 5.71. The molecule has 2 heterocycles. The molecule has 210 valence electrons. The lowest BCUT2D eigenvalue weighted by atomic mass is 10.1. The van der Waals surface area contributed by atoms with E-state index in [4.69, 9.17) is 19.9 Å². The molecule has 0 atom stereocenters. The van der Waals surface area contributed by atoms with Crippen LogP contribution in [0.25, 0.3) is 68.1 Å². The van der Waals surface area contributed by atoms with Gasteiger partial charge in [0.1, 0.15) is 11.6 Å². The Morgan fingerprint density at radius 3 is 0.932 bits per heavy atom. The van der Waals surface area contributed by atoms with Crippen LogP contribution in [-0.2, 0) is 0 Å². The molecule has 7 rings (SSSR count). The van der Waals surface area contributed by atoms with Crippen molar-refractivity contribution in [2.75, 3.05) is 0 Å². The highest BCUT2D eigenvalue weighted by Crippen LogP contribution is 2.30. The molecule has 5 aromatic carbocycles. The van der Waals surface area contributed by atoms with Crippen molar-refractivity contribution in [2.24, 2.45) is 0 Å². The number of nitrogens with zero attached hydrogens (tertiary/aromatic N) is 5. The van der Waals surface area contributed by atoms with Crippen LogP contribution in [0.3, 0.4) is 0 Å². The predicted octanol–water partition coefficient (Wildman–Crippen LogP) is 8.94. The third-order valence-electron chi connectivity index (χ3n) is 7.11. The van der Waals surface area contributed by atoms with E-state index >= 15 is 0 Å². The van der Waals surface area contributed by atoms with Crippen LogP contribution in [0.4, 0.5) is 8.78 Å². The van der Waals surface area contributed by atoms with Gasteiger partial charge in [0.25, 0.3) is 0 Å². The molecular weight excluding hydrogens is 552 g/mol. The molecule has 0 saturated carbocycles. The van der Waals surface area contributed by atoms with Crippen LogP contribution in [0.5, 0.6) is 0 Å². The maximum Gasteiger partial charge on any atom is 0.164 e. The second kappa shape index (κ2) is 11.7. The van der Waals surface area contributed by atoms with Crippen molar-refractivity contribution < 1.29 is 8.78 Å². The Kier molecular flexibility index (Phi) is 7.18. The fourth-order valence-corrected chi connectivity index (χ4v) is 4.82. The minimum atomic E-state index is -0.355. The number of benzene rings is 5. The summed E-state index contributed by atoms with van der Waals surface area (Å²) in [6, 6.07) is 41.6. The smallest absolute Gasteiger partial charge is 0.164 e. The zero-order chi connectivity index (χ0) is 29.9. The van der Waals surface area contributed by atoms with Crippen LogP contribution in [0.2, 0.25) is 0 Å². The highest BCUT2D eigenvalue weighted by atomic mass is 19.1. The Morgan fingerprint density at radius 1 is 0.295 bits per heavy atom. The molecule has 0 amide bonds. The van der Waals surface area contributed by atoms with Gasteiger partial charge in [0.05, 0.1) is 11.4 Å². The maximum absolute atomic E-state index is 13.7. The zero-order valence-electron chi connectivity index (χ0n) is 23.3. The fraction of sp³-hybridized carbons (Fsp3) is 0. The second-order valence-corrected chi connectivity index (χ2v) is 10.1. The van der Waals surface area contributed by atoms with Gasteiger partial charge in [-0.05, 0) is 54.6 Å². The molecule has 0 aliphatic carbocycles. The molecule has 44 heavy (non-hydrogen) atoms. The molecule has 0 saturated heterocycles. The van der Waals surface area contributed by atoms with Crippen molar-refractivity contribution in [3.05, 3.63) is 151 Å². The first kappa shape index (κ1) is 26.9. The summed E-state index contributed by atoms with van der Waals surface area (Å²) in [6.07, 6.45) is 0. The van der Waals surface area contributed by atoms with Gasteiger partial charge in [0, 0.05) is 33.4 Å². The Morgan fingerprint density at radius 2 is 0.591 bits per heavy atom. The van der Waals surface area contributed by atoms with Gasteiger partial charge in [-0.25, -0.2) is 33.7 Å². The van der Waals surface area contributed by atoms with Gasteiger partial charge in [-0.1, -0.05) is 84.9 Å². The highest BCUT2D eigenvalue weighted by Gasteiger charge is 2.14. The van der Waals surface area contributed by atoms with Crippen molar-refractivity contribution >= 4 is 0 Å². The molecule has 0 fully saturated rings. The molecule has 0 radical (unpaired) electrons. The fourth-order valence-electron chi connectivity index (χ4n) is 4.82. The van der Waals surface area contributed by atoms with Gasteiger partial charge >= 0.3 is 0 Å². The first-order chi connectivity index (χ1) is 21.6. The summed E-state index contributed by atoms with van der Waals surface area (Å²) in [4.78, 5) is 23.8. The van der Waals surface area contributed by atoms with E-state index in [1.54, 1.807) is 24.3 Å². The maximum atomic E-state index is 13.7. The largest absolute Gasteiger partial charge is 0.228 e. The average molecular weight is 576 g/mol. The first-order valence-electron chi connectivity index (χ1n) is 14.0. The lowest BCUT2D eigenvalue weighted by molar-refractivity contribution is 0.627. The number of rotatable bonds is 6. The molecule has 0 unspecified atom stereocenters. The minimum Gasteiger partial charge on any atom is -0.228 e. The zero-order valence-corrected chi connectivity index (χ0v) is 23.3. The molecule has 0 aliphatic rings. The highest BCUT2D eigenvalue weighted by molar-refractivity contribution is 5.73. The molecule has 2 aromatic heterocycles. The predicted molar refractivity (Wildman–Crippen MR) is 168 cm³/mol. The van der Waals surface area contributed by atoms with E-state index in [9.17, 15) is 8.78 Å². The van der Waals surface area contributed by atoms with Gasteiger partial charge in [0.15, 0.2) is 23.3 Å². The number of hydrogen-bond donors (Lipinski definition) is 0. The van der Waals surface area contributed by atoms with Gasteiger partial charge in [-0.3, -0.25) is 0 Å². The van der Waals surface area contributed by atoms with Gasteiger partial charge in [0.2, 0.25) is 0 Å². The molecule has 0 spiro atoms. The quantitative estimate of drug-likeness (QED) is 0.198. The van der Waals surface area contributed by atoms with Crippen molar-refractivity contribution in [3.63, 3.8) is 0 Å². The summed E-state index contributed by atoms with van der Waals surface area (Å²) in [6.45, 7) is 0. The minimum absolute atomic E-state index is 0.355. The van der Waals surface area contributed by atoms with E-state index < -0.39 is 0 Å². The Balaban J connectivity index is 1.31. The van der Waals surface area contributed by atoms with E-state index in [0.717, 1.165) is 33.6 Å². The molecular formula is C37H23F2N5. The standard InChI is InChI=1S/C37H23F2N5/c38-30-19-15-28(16-20-30)36-42-35(43-37(44-36)29-17-21-31(39)22-18-29)27-13-11-26(12-14-27)34-40-32(24-7-3-1-4-8-24)23-33(41-34)25-9-5-2-6-10-25/h1-23H. The number of halogens is 2. The van der Waals surface area contributed by atoms with E-state index in [1.165, 1.54) is 24.3 Å². The number of aromatic nitrogens is 5. The normalized spacial score (nSPS) is 11.0. The SMILES string of the molecule is Fc1ccc(-c2nc(-c3ccc(F)cc3)nc(-c3ccc(-c4nc(-c5ccccc5)cc(-c5ccccc5)n4)cc3)n2)cc1. The van der Waals surface area contributed by atoms with Crippen LogP contribution in [0.15, 0.2) is 140 Å². The topological polar surface area (TPSA) is 64.5 Å². The molecule has 0 aliphatic heterocycles. The van der Waals surface area contributed by atoms with Gasteiger partial charge in [-0.2, -0.15) is 0 Å². The molecule has 0 bridgehead atoms. The molecule has 7 heteroatoms. The van der Waals surface area contributed by atoms with Gasteiger partial charge in [-0.15, -0.1) is 0 Å². The summed E-state index contributed by atoms with van der Waals surface area (Å²) in [5.41, 5.74) is 6.48. The Hall–Kier alpha value is -5.95. The molecule has 0 N–H and O–H groups in total. The summed E-state index contributed by atoms with van der Waals surface area (Å²) >= 11 is 0. The van der Waals surface area contributed by atoms with Crippen LogP contribution in [0.1, 0.15) is 0 Å². The summed E-state index contributed by atoms with van der Waals surface area (Å²) in [5.74, 6) is 1.06. The van der Waals surface area contributed by atoms with Gasteiger partial charge < -0.3 is 0 Å². The van der Waals surface area contributed by atoms with E-state index in [2.05, 4.69) is 4.98 Å². The van der Waals surface area contributed by atoms with E-state index in [-0.39, 0.29) is 11.6 Å². The summed E-state index contributed by atoms with van der Waals surface area (Å²) in [7, 11) is 0. The van der Waals surface area contributed by atoms with Crippen LogP contribution < -0.4 is 0 Å². The third-order valence-corrected chi connectivity index (χ3v) is 7.11. The van der Waals surface area contributed by atoms with Crippen LogP contribution in [-0.4, -0.2) is 24.9 Å². The monoisotopic (exact) mass is 575 g/mol. The summed E-state index contributed by atoms with van der Waals surface area (Å²) in [5, 5.41) is 0. The number of hydrogen-bond acceptors (Lipinski definition) is 5. The van der Waals surface area contributed by atoms with Crippen LogP contribution >= 0.6 is 0 Å². The Bertz CT molecular complexity index is 1930.